The molecule has 1 aliphatic heterocycles. The molecule has 256 valence electrons. The minimum Gasteiger partial charge on any atom is -0.492 e. The Morgan fingerprint density at radius 2 is 1.69 bits per heavy atom. The van der Waals surface area contributed by atoms with Gasteiger partial charge >= 0.3 is 0 Å². The molecular formula is C36H44ClF2N6O3+. The highest BCUT2D eigenvalue weighted by molar-refractivity contribution is 6.32. The number of ether oxygens (including phenoxy) is 1. The summed E-state index contributed by atoms with van der Waals surface area (Å²) in [7, 11) is 8.23. The van der Waals surface area contributed by atoms with E-state index in [2.05, 4.69) is 29.3 Å². The molecule has 9 nitrogen and oxygen atoms in total. The highest BCUT2D eigenvalue weighted by Crippen LogP contribution is 2.29. The second-order valence-electron chi connectivity index (χ2n) is 13.1. The highest BCUT2D eigenvalue weighted by Gasteiger charge is 2.26. The van der Waals surface area contributed by atoms with Gasteiger partial charge in [0.25, 0.3) is 5.91 Å². The number of anilines is 2. The van der Waals surface area contributed by atoms with E-state index in [-0.39, 0.29) is 16.6 Å². The second kappa shape index (κ2) is 15.4. The van der Waals surface area contributed by atoms with Gasteiger partial charge in [0, 0.05) is 50.8 Å². The van der Waals surface area contributed by atoms with E-state index < -0.39 is 23.0 Å². The van der Waals surface area contributed by atoms with Crippen molar-refractivity contribution in [1.29, 1.82) is 0 Å². The number of halogens is 3. The van der Waals surface area contributed by atoms with Crippen LogP contribution in [-0.2, 0) is 0 Å². The number of amides is 1. The van der Waals surface area contributed by atoms with Crippen LogP contribution in [0.3, 0.4) is 0 Å². The standard InChI is InChI=1S/C36H43ClF2N6O3/c1-42(2)33-13-11-29-34(46)30(36(47)40-27-21-25(38)20-26(39)22-27)24-44(35(29)41-33)28-10-12-32(31(37)23-28)48-19-9-7-5-6-8-16-45(4)17-14-43(3)15-18-45/h10-13,20-24H,5-9,14-19H2,1-4H3/p+1. The van der Waals surface area contributed by atoms with Crippen molar-refractivity contribution in [2.24, 2.45) is 0 Å². The molecule has 0 bridgehead atoms. The summed E-state index contributed by atoms with van der Waals surface area (Å²) in [5.74, 6) is -1.40. The van der Waals surface area contributed by atoms with Crippen LogP contribution in [0.2, 0.25) is 5.02 Å². The largest absolute Gasteiger partial charge is 0.492 e. The van der Waals surface area contributed by atoms with Crippen LogP contribution in [0.25, 0.3) is 16.7 Å². The van der Waals surface area contributed by atoms with Crippen LogP contribution in [0.4, 0.5) is 20.3 Å². The summed E-state index contributed by atoms with van der Waals surface area (Å²) in [5, 5.41) is 2.99. The number of carbonyl (C=O) groups is 1. The number of likely N-dealkylation sites (N-methyl/N-ethyl adjacent to an activating group) is 2. The number of piperazine rings is 1. The number of benzene rings is 2. The van der Waals surface area contributed by atoms with Crippen molar-refractivity contribution in [3.05, 3.63) is 87.2 Å². The molecule has 2 aromatic carbocycles. The molecular weight excluding hydrogens is 638 g/mol. The van der Waals surface area contributed by atoms with Gasteiger partial charge in [0.2, 0.25) is 5.43 Å². The summed E-state index contributed by atoms with van der Waals surface area (Å²) in [6, 6.07) is 11.1. The van der Waals surface area contributed by atoms with Crippen LogP contribution in [0.5, 0.6) is 5.75 Å². The summed E-state index contributed by atoms with van der Waals surface area (Å²) >= 11 is 6.68. The van der Waals surface area contributed by atoms with Crippen molar-refractivity contribution >= 4 is 40.0 Å². The number of hydrogen-bond donors (Lipinski definition) is 1. The molecule has 48 heavy (non-hydrogen) atoms. The molecule has 1 aliphatic rings. The number of quaternary nitrogens is 1. The van der Waals surface area contributed by atoms with Gasteiger partial charge in [0.15, 0.2) is 5.65 Å². The topological polar surface area (TPSA) is 79.7 Å². The Balaban J connectivity index is 1.27. The van der Waals surface area contributed by atoms with Crippen molar-refractivity contribution in [3.8, 4) is 11.4 Å². The lowest BCUT2D eigenvalue weighted by Crippen LogP contribution is -2.56. The molecule has 0 radical (unpaired) electrons. The Morgan fingerprint density at radius 1 is 1.00 bits per heavy atom. The van der Waals surface area contributed by atoms with Crippen LogP contribution in [-0.4, -0.2) is 92.4 Å². The SMILES string of the molecule is CN1CC[N+](C)(CCCCCCCOc2ccc(-n3cc(C(=O)Nc4cc(F)cc(F)c4)c(=O)c4ccc(N(C)C)nc43)cc2Cl)CC1. The molecule has 12 heteroatoms. The summed E-state index contributed by atoms with van der Waals surface area (Å²) in [5.41, 5.74) is -0.0661. The minimum atomic E-state index is -0.856. The van der Waals surface area contributed by atoms with Crippen LogP contribution in [0.15, 0.2) is 59.5 Å². The quantitative estimate of drug-likeness (QED) is 0.131. The van der Waals surface area contributed by atoms with Gasteiger partial charge in [-0.25, -0.2) is 13.8 Å². The molecule has 1 saturated heterocycles. The molecule has 2 aromatic heterocycles. The maximum absolute atomic E-state index is 13.8. The number of unbranched alkanes of at least 4 members (excludes halogenated alkanes) is 4. The molecule has 5 rings (SSSR count). The summed E-state index contributed by atoms with van der Waals surface area (Å²) in [6.45, 7) is 6.58. The molecule has 1 N–H and O–H groups in total. The summed E-state index contributed by atoms with van der Waals surface area (Å²) < 4.78 is 36.3. The first-order valence-corrected chi connectivity index (χ1v) is 16.8. The number of hydrogen-bond acceptors (Lipinski definition) is 6. The predicted molar refractivity (Wildman–Crippen MR) is 188 cm³/mol. The van der Waals surface area contributed by atoms with Crippen LogP contribution in [0.1, 0.15) is 42.5 Å². The van der Waals surface area contributed by atoms with Crippen molar-refractivity contribution in [1.82, 2.24) is 14.5 Å². The molecule has 3 heterocycles. The van der Waals surface area contributed by atoms with E-state index in [1.54, 1.807) is 39.8 Å². The third-order valence-electron chi connectivity index (χ3n) is 9.00. The second-order valence-corrected chi connectivity index (χ2v) is 13.5. The van der Waals surface area contributed by atoms with Crippen LogP contribution < -0.4 is 20.4 Å². The molecule has 1 fully saturated rings. The fraction of sp³-hybridized carbons (Fsp3) is 0.417. The zero-order valence-electron chi connectivity index (χ0n) is 28.1. The lowest BCUT2D eigenvalue weighted by Gasteiger charge is -2.41. The van der Waals surface area contributed by atoms with Crippen molar-refractivity contribution < 1.29 is 22.8 Å². The summed E-state index contributed by atoms with van der Waals surface area (Å²) in [6.07, 6.45) is 6.99. The van der Waals surface area contributed by atoms with Gasteiger partial charge in [0.1, 0.15) is 28.8 Å². The Bertz CT molecular complexity index is 1800. The number of nitrogens with zero attached hydrogens (tertiary/aromatic N) is 5. The van der Waals surface area contributed by atoms with Crippen LogP contribution >= 0.6 is 11.6 Å². The van der Waals surface area contributed by atoms with Crippen LogP contribution in [0, 0.1) is 11.6 Å². The van der Waals surface area contributed by atoms with Gasteiger partial charge in [0.05, 0.1) is 43.7 Å². The maximum atomic E-state index is 13.8. The number of pyridine rings is 2. The smallest absolute Gasteiger partial charge is 0.261 e. The Morgan fingerprint density at radius 3 is 2.38 bits per heavy atom. The van der Waals surface area contributed by atoms with Crippen molar-refractivity contribution in [2.75, 3.05) is 77.7 Å². The van der Waals surface area contributed by atoms with E-state index >= 15 is 0 Å². The van der Waals surface area contributed by atoms with E-state index in [1.807, 2.05) is 14.1 Å². The predicted octanol–water partition coefficient (Wildman–Crippen LogP) is 6.36. The third-order valence-corrected chi connectivity index (χ3v) is 9.29. The molecule has 0 saturated carbocycles. The Labute approximate surface area is 285 Å². The van der Waals surface area contributed by atoms with Gasteiger partial charge in [-0.15, -0.1) is 0 Å². The summed E-state index contributed by atoms with van der Waals surface area (Å²) in [4.78, 5) is 35.6. The van der Waals surface area contributed by atoms with Crippen molar-refractivity contribution in [2.45, 2.75) is 32.1 Å². The number of nitrogens with one attached hydrogen (secondary N) is 1. The fourth-order valence-electron chi connectivity index (χ4n) is 5.96. The number of fused-ring (bicyclic) bond motifs is 1. The minimum absolute atomic E-state index is 0.115. The normalized spacial score (nSPS) is 14.6. The zero-order valence-corrected chi connectivity index (χ0v) is 28.8. The lowest BCUT2D eigenvalue weighted by molar-refractivity contribution is -0.913. The van der Waals surface area contributed by atoms with E-state index in [0.717, 1.165) is 25.0 Å². The molecule has 0 unspecified atom stereocenters. The first kappa shape index (κ1) is 35.3. The van der Waals surface area contributed by atoms with Gasteiger partial charge in [-0.1, -0.05) is 24.4 Å². The Kier molecular flexibility index (Phi) is 11.3. The molecule has 0 spiro atoms. The molecule has 0 atom stereocenters. The maximum Gasteiger partial charge on any atom is 0.261 e. The van der Waals surface area contributed by atoms with E-state index in [0.29, 0.717) is 40.6 Å². The Hall–Kier alpha value is -4.06. The van der Waals surface area contributed by atoms with Gasteiger partial charge in [-0.05, 0) is 68.8 Å². The van der Waals surface area contributed by atoms with Gasteiger partial charge in [-0.2, -0.15) is 0 Å². The third kappa shape index (κ3) is 8.69. The first-order valence-electron chi connectivity index (χ1n) is 16.4. The lowest BCUT2D eigenvalue weighted by atomic mass is 10.1. The number of rotatable bonds is 13. The zero-order chi connectivity index (χ0) is 34.4. The average Bonchev–Trinajstić information content (AvgIpc) is 3.04. The van der Waals surface area contributed by atoms with E-state index in [4.69, 9.17) is 16.3 Å². The van der Waals surface area contributed by atoms with Gasteiger partial charge in [-0.3, -0.25) is 14.5 Å². The van der Waals surface area contributed by atoms with Crippen molar-refractivity contribution in [3.63, 3.8) is 0 Å². The molecule has 4 aromatic rings. The number of aromatic nitrogens is 2. The first-order chi connectivity index (χ1) is 22.9. The van der Waals surface area contributed by atoms with Gasteiger partial charge < -0.3 is 24.0 Å². The fourth-order valence-corrected chi connectivity index (χ4v) is 6.19. The monoisotopic (exact) mass is 681 g/mol. The highest BCUT2D eigenvalue weighted by atomic mass is 35.5. The van der Waals surface area contributed by atoms with E-state index in [1.165, 1.54) is 62.7 Å². The molecule has 1 amide bonds. The molecule has 0 aliphatic carbocycles. The average molecular weight is 682 g/mol. The van der Waals surface area contributed by atoms with E-state index in [9.17, 15) is 18.4 Å². The number of carbonyl (C=O) groups excluding carboxylic acids is 1.